The molecule has 0 amide bonds. The molecule has 2 rings (SSSR count). The van der Waals surface area contributed by atoms with Gasteiger partial charge in [0.25, 0.3) is 0 Å². The van der Waals surface area contributed by atoms with E-state index in [4.69, 9.17) is 5.73 Å². The van der Waals surface area contributed by atoms with Crippen LogP contribution in [0.25, 0.3) is 11.1 Å². The molecule has 17 heavy (non-hydrogen) atoms. The number of benzene rings is 2. The van der Waals surface area contributed by atoms with Crippen LogP contribution in [0.15, 0.2) is 36.4 Å². The van der Waals surface area contributed by atoms with Gasteiger partial charge in [-0.3, -0.25) is 0 Å². The Bertz CT molecular complexity index is 550. The number of hydrogen-bond acceptors (Lipinski definition) is 1. The standard InChI is InChI=1S/C14H13F2N/c1-9-2-5-14(16)13(6-9)12-7-11(15)4-3-10(12)8-17/h2-7H,8,17H2,1H3. The third kappa shape index (κ3) is 2.34. The summed E-state index contributed by atoms with van der Waals surface area (Å²) in [6.07, 6.45) is 0. The van der Waals surface area contributed by atoms with E-state index in [1.54, 1.807) is 18.2 Å². The van der Waals surface area contributed by atoms with Crippen LogP contribution in [0.1, 0.15) is 11.1 Å². The van der Waals surface area contributed by atoms with Gasteiger partial charge in [0.2, 0.25) is 0 Å². The van der Waals surface area contributed by atoms with Crippen LogP contribution in [0.4, 0.5) is 8.78 Å². The molecule has 0 spiro atoms. The Morgan fingerprint density at radius 2 is 1.76 bits per heavy atom. The molecule has 2 aromatic rings. The Kier molecular flexibility index (Phi) is 3.20. The predicted molar refractivity (Wildman–Crippen MR) is 64.4 cm³/mol. The first-order valence-corrected chi connectivity index (χ1v) is 5.37. The first-order valence-electron chi connectivity index (χ1n) is 5.37. The average Bonchev–Trinajstić information content (AvgIpc) is 2.32. The lowest BCUT2D eigenvalue weighted by Gasteiger charge is -2.10. The number of aryl methyl sites for hydroxylation is 1. The molecular weight excluding hydrogens is 220 g/mol. The number of nitrogens with two attached hydrogens (primary N) is 1. The zero-order valence-corrected chi connectivity index (χ0v) is 9.50. The van der Waals surface area contributed by atoms with Crippen molar-refractivity contribution in [3.63, 3.8) is 0 Å². The van der Waals surface area contributed by atoms with Crippen LogP contribution in [-0.4, -0.2) is 0 Å². The normalized spacial score (nSPS) is 10.6. The van der Waals surface area contributed by atoms with Crippen LogP contribution in [0.5, 0.6) is 0 Å². The van der Waals surface area contributed by atoms with E-state index in [0.29, 0.717) is 11.1 Å². The lowest BCUT2D eigenvalue weighted by molar-refractivity contribution is 0.623. The highest BCUT2D eigenvalue weighted by Crippen LogP contribution is 2.28. The van der Waals surface area contributed by atoms with E-state index in [1.807, 2.05) is 6.92 Å². The van der Waals surface area contributed by atoms with Crippen LogP contribution in [0.3, 0.4) is 0 Å². The van der Waals surface area contributed by atoms with Gasteiger partial charge >= 0.3 is 0 Å². The summed E-state index contributed by atoms with van der Waals surface area (Å²) in [6.45, 7) is 2.12. The number of hydrogen-bond donors (Lipinski definition) is 1. The molecule has 88 valence electrons. The van der Waals surface area contributed by atoms with E-state index in [9.17, 15) is 8.78 Å². The SMILES string of the molecule is Cc1ccc(F)c(-c2cc(F)ccc2CN)c1. The van der Waals surface area contributed by atoms with E-state index in [2.05, 4.69) is 0 Å². The molecule has 0 atom stereocenters. The predicted octanol–water partition coefficient (Wildman–Crippen LogP) is 3.40. The van der Waals surface area contributed by atoms with Gasteiger partial charge in [0.15, 0.2) is 0 Å². The van der Waals surface area contributed by atoms with E-state index in [0.717, 1.165) is 11.1 Å². The molecule has 0 aliphatic carbocycles. The lowest BCUT2D eigenvalue weighted by atomic mass is 9.97. The molecule has 0 bridgehead atoms. The summed E-state index contributed by atoms with van der Waals surface area (Å²) in [7, 11) is 0. The van der Waals surface area contributed by atoms with E-state index >= 15 is 0 Å². The molecule has 0 saturated heterocycles. The van der Waals surface area contributed by atoms with Crippen molar-refractivity contribution in [1.29, 1.82) is 0 Å². The summed E-state index contributed by atoms with van der Waals surface area (Å²) in [5, 5.41) is 0. The Labute approximate surface area is 98.9 Å². The quantitative estimate of drug-likeness (QED) is 0.845. The Morgan fingerprint density at radius 3 is 2.47 bits per heavy atom. The fraction of sp³-hybridized carbons (Fsp3) is 0.143. The Balaban J connectivity index is 2.66. The molecule has 0 unspecified atom stereocenters. The van der Waals surface area contributed by atoms with Crippen molar-refractivity contribution in [3.8, 4) is 11.1 Å². The van der Waals surface area contributed by atoms with Crippen molar-refractivity contribution >= 4 is 0 Å². The molecule has 3 heteroatoms. The fourth-order valence-electron chi connectivity index (χ4n) is 1.82. The van der Waals surface area contributed by atoms with Crippen LogP contribution in [0.2, 0.25) is 0 Å². The summed E-state index contributed by atoms with van der Waals surface area (Å²) >= 11 is 0. The van der Waals surface area contributed by atoms with Gasteiger partial charge in [0.1, 0.15) is 11.6 Å². The summed E-state index contributed by atoms with van der Waals surface area (Å²) < 4.78 is 27.0. The zero-order valence-electron chi connectivity index (χ0n) is 9.50. The van der Waals surface area contributed by atoms with Crippen molar-refractivity contribution in [2.75, 3.05) is 0 Å². The Hall–Kier alpha value is -1.74. The van der Waals surface area contributed by atoms with Crippen molar-refractivity contribution in [2.45, 2.75) is 13.5 Å². The largest absolute Gasteiger partial charge is 0.326 e. The van der Waals surface area contributed by atoms with Gasteiger partial charge < -0.3 is 5.73 Å². The second-order valence-corrected chi connectivity index (χ2v) is 3.99. The highest BCUT2D eigenvalue weighted by molar-refractivity contribution is 5.68. The molecule has 0 aliphatic rings. The molecular formula is C14H13F2N. The maximum Gasteiger partial charge on any atom is 0.131 e. The monoisotopic (exact) mass is 233 g/mol. The minimum absolute atomic E-state index is 0.253. The molecule has 0 aliphatic heterocycles. The highest BCUT2D eigenvalue weighted by atomic mass is 19.1. The van der Waals surface area contributed by atoms with E-state index in [1.165, 1.54) is 18.2 Å². The van der Waals surface area contributed by atoms with Gasteiger partial charge in [0.05, 0.1) is 0 Å². The van der Waals surface area contributed by atoms with E-state index in [-0.39, 0.29) is 12.4 Å². The zero-order chi connectivity index (χ0) is 12.4. The third-order valence-corrected chi connectivity index (χ3v) is 2.70. The summed E-state index contributed by atoms with van der Waals surface area (Å²) in [5.74, 6) is -0.756. The number of halogens is 2. The van der Waals surface area contributed by atoms with Gasteiger partial charge in [0, 0.05) is 12.1 Å². The lowest BCUT2D eigenvalue weighted by Crippen LogP contribution is -2.00. The smallest absolute Gasteiger partial charge is 0.131 e. The number of rotatable bonds is 2. The van der Waals surface area contributed by atoms with Gasteiger partial charge in [-0.25, -0.2) is 8.78 Å². The average molecular weight is 233 g/mol. The van der Waals surface area contributed by atoms with Gasteiger partial charge in [-0.05, 0) is 42.3 Å². The summed E-state index contributed by atoms with van der Waals surface area (Å²) in [4.78, 5) is 0. The third-order valence-electron chi connectivity index (χ3n) is 2.70. The van der Waals surface area contributed by atoms with Crippen molar-refractivity contribution in [1.82, 2.24) is 0 Å². The first-order chi connectivity index (χ1) is 8.11. The van der Waals surface area contributed by atoms with Gasteiger partial charge in [-0.15, -0.1) is 0 Å². The molecule has 0 saturated carbocycles. The molecule has 2 N–H and O–H groups in total. The molecule has 0 heterocycles. The summed E-state index contributed by atoms with van der Waals surface area (Å²) in [5.41, 5.74) is 8.15. The topological polar surface area (TPSA) is 26.0 Å². The second kappa shape index (κ2) is 4.63. The molecule has 0 aromatic heterocycles. The summed E-state index contributed by atoms with van der Waals surface area (Å²) in [6, 6.07) is 9.01. The minimum atomic E-state index is -0.391. The fourth-order valence-corrected chi connectivity index (χ4v) is 1.82. The van der Waals surface area contributed by atoms with Crippen molar-refractivity contribution in [2.24, 2.45) is 5.73 Å². The molecule has 1 nitrogen and oxygen atoms in total. The van der Waals surface area contributed by atoms with Crippen LogP contribution < -0.4 is 5.73 Å². The van der Waals surface area contributed by atoms with Crippen LogP contribution >= 0.6 is 0 Å². The van der Waals surface area contributed by atoms with Crippen molar-refractivity contribution < 1.29 is 8.78 Å². The van der Waals surface area contributed by atoms with Crippen LogP contribution in [0, 0.1) is 18.6 Å². The van der Waals surface area contributed by atoms with E-state index < -0.39 is 5.82 Å². The second-order valence-electron chi connectivity index (χ2n) is 3.99. The minimum Gasteiger partial charge on any atom is -0.326 e. The van der Waals surface area contributed by atoms with Gasteiger partial charge in [-0.2, -0.15) is 0 Å². The van der Waals surface area contributed by atoms with Crippen LogP contribution in [-0.2, 0) is 6.54 Å². The van der Waals surface area contributed by atoms with Gasteiger partial charge in [-0.1, -0.05) is 17.7 Å². The van der Waals surface area contributed by atoms with Crippen molar-refractivity contribution in [3.05, 3.63) is 59.2 Å². The highest BCUT2D eigenvalue weighted by Gasteiger charge is 2.10. The maximum absolute atomic E-state index is 13.7. The Morgan fingerprint density at radius 1 is 1.00 bits per heavy atom. The maximum atomic E-state index is 13.7. The molecule has 0 radical (unpaired) electrons. The molecule has 0 fully saturated rings. The molecule has 2 aromatic carbocycles. The first kappa shape index (κ1) is 11.7.